The first-order valence-corrected chi connectivity index (χ1v) is 7.70. The fraction of sp³-hybridized carbons (Fsp3) is 0.455. The van der Waals surface area contributed by atoms with E-state index in [-0.39, 0.29) is 0 Å². The van der Waals surface area contributed by atoms with Gasteiger partial charge in [-0.3, -0.25) is 0 Å². The van der Waals surface area contributed by atoms with Crippen LogP contribution < -0.4 is 5.84 Å². The fourth-order valence-electron chi connectivity index (χ4n) is 1.89. The summed E-state index contributed by atoms with van der Waals surface area (Å²) in [7, 11) is 0. The van der Waals surface area contributed by atoms with Gasteiger partial charge in [-0.05, 0) is 24.3 Å². The Kier molecular flexibility index (Phi) is 3.53. The Labute approximate surface area is 113 Å². The Balaban J connectivity index is 1.69. The molecular weight excluding hydrogens is 268 g/mol. The van der Waals surface area contributed by atoms with Crippen LogP contribution in [0.25, 0.3) is 10.7 Å². The highest BCUT2D eigenvalue weighted by Crippen LogP contribution is 2.26. The summed E-state index contributed by atoms with van der Waals surface area (Å²) in [6, 6.07) is 3.97. The van der Waals surface area contributed by atoms with Crippen molar-refractivity contribution in [2.45, 2.75) is 24.1 Å². The van der Waals surface area contributed by atoms with Crippen molar-refractivity contribution in [3.8, 4) is 10.7 Å². The molecule has 0 aromatic carbocycles. The van der Waals surface area contributed by atoms with Gasteiger partial charge in [-0.15, -0.1) is 21.5 Å². The second-order valence-electron chi connectivity index (χ2n) is 4.10. The van der Waals surface area contributed by atoms with Crippen LogP contribution in [0.3, 0.4) is 0 Å². The molecule has 2 aromatic heterocycles. The number of hydrogen-bond acceptors (Lipinski definition) is 6. The van der Waals surface area contributed by atoms with E-state index in [1.165, 1.54) is 0 Å². The van der Waals surface area contributed by atoms with E-state index in [2.05, 4.69) is 10.2 Å². The van der Waals surface area contributed by atoms with Crippen molar-refractivity contribution in [2.75, 3.05) is 18.2 Å². The Morgan fingerprint density at radius 2 is 2.50 bits per heavy atom. The molecule has 1 aliphatic heterocycles. The topological polar surface area (TPSA) is 66.0 Å². The predicted molar refractivity (Wildman–Crippen MR) is 73.2 cm³/mol. The van der Waals surface area contributed by atoms with Crippen LogP contribution in [-0.4, -0.2) is 33.3 Å². The molecule has 96 valence electrons. The van der Waals surface area contributed by atoms with E-state index < -0.39 is 0 Å². The van der Waals surface area contributed by atoms with E-state index in [0.717, 1.165) is 41.1 Å². The zero-order chi connectivity index (χ0) is 12.4. The molecule has 1 atom stereocenters. The first-order valence-electron chi connectivity index (χ1n) is 5.83. The normalized spacial score (nSPS) is 19.4. The van der Waals surface area contributed by atoms with Crippen LogP contribution in [0.2, 0.25) is 0 Å². The molecule has 1 unspecified atom stereocenters. The van der Waals surface area contributed by atoms with Crippen molar-refractivity contribution < 1.29 is 4.74 Å². The van der Waals surface area contributed by atoms with Gasteiger partial charge in [-0.1, -0.05) is 17.8 Å². The molecule has 0 aliphatic carbocycles. The average molecular weight is 282 g/mol. The third-order valence-corrected chi connectivity index (χ3v) is 4.77. The van der Waals surface area contributed by atoms with Gasteiger partial charge in [-0.2, -0.15) is 0 Å². The maximum Gasteiger partial charge on any atom is 0.210 e. The summed E-state index contributed by atoms with van der Waals surface area (Å²) in [5, 5.41) is 11.0. The third-order valence-electron chi connectivity index (χ3n) is 2.83. The van der Waals surface area contributed by atoms with E-state index in [1.807, 2.05) is 17.5 Å². The summed E-state index contributed by atoms with van der Waals surface area (Å²) in [6.45, 7) is 0.876. The molecule has 1 aliphatic rings. The Morgan fingerprint density at radius 3 is 3.22 bits per heavy atom. The second-order valence-corrected chi connectivity index (χ2v) is 6.03. The quantitative estimate of drug-likeness (QED) is 0.686. The Hall–Kier alpha value is -1.05. The predicted octanol–water partition coefficient (Wildman–Crippen LogP) is 1.99. The van der Waals surface area contributed by atoms with Crippen molar-refractivity contribution in [1.29, 1.82) is 0 Å². The van der Waals surface area contributed by atoms with E-state index in [4.69, 9.17) is 10.6 Å². The second kappa shape index (κ2) is 5.29. The van der Waals surface area contributed by atoms with E-state index in [0.29, 0.717) is 6.10 Å². The molecule has 2 N–H and O–H groups in total. The summed E-state index contributed by atoms with van der Waals surface area (Å²) in [5.74, 6) is 7.63. The Bertz CT molecular complexity index is 505. The number of nitrogens with two attached hydrogens (primary N) is 1. The van der Waals surface area contributed by atoms with E-state index in [1.54, 1.807) is 27.8 Å². The minimum atomic E-state index is 0.330. The lowest BCUT2D eigenvalue weighted by Crippen LogP contribution is -2.13. The number of thiophene rings is 1. The van der Waals surface area contributed by atoms with Crippen LogP contribution in [0.5, 0.6) is 0 Å². The molecular formula is C11H14N4OS2. The number of hydrogen-bond donors (Lipinski definition) is 1. The van der Waals surface area contributed by atoms with Gasteiger partial charge < -0.3 is 10.6 Å². The average Bonchev–Trinajstić information content (AvgIpc) is 3.08. The number of ether oxygens (including phenoxy) is 1. The number of nitrogens with zero attached hydrogens (tertiary/aromatic N) is 3. The first-order chi connectivity index (χ1) is 8.84. The standard InChI is InChI=1S/C11H14N4OS2/c12-15-10(9-4-2-6-17-9)13-14-11(15)18-7-8-3-1-5-16-8/h2,4,6,8H,1,3,5,7,12H2. The highest BCUT2D eigenvalue weighted by atomic mass is 32.2. The van der Waals surface area contributed by atoms with Crippen molar-refractivity contribution in [1.82, 2.24) is 14.9 Å². The number of rotatable bonds is 4. The molecule has 1 fully saturated rings. The van der Waals surface area contributed by atoms with Crippen LogP contribution >= 0.6 is 23.1 Å². The van der Waals surface area contributed by atoms with Crippen LogP contribution in [-0.2, 0) is 4.74 Å². The molecule has 0 saturated carbocycles. The molecule has 0 amide bonds. The fourth-order valence-corrected chi connectivity index (χ4v) is 3.52. The molecule has 1 saturated heterocycles. The maximum atomic E-state index is 6.02. The lowest BCUT2D eigenvalue weighted by atomic mass is 10.3. The first kappa shape index (κ1) is 12.0. The summed E-state index contributed by atoms with van der Waals surface area (Å²) < 4.78 is 7.14. The van der Waals surface area contributed by atoms with Crippen LogP contribution in [0.15, 0.2) is 22.7 Å². The van der Waals surface area contributed by atoms with Crippen molar-refractivity contribution in [3.05, 3.63) is 17.5 Å². The summed E-state index contributed by atoms with van der Waals surface area (Å²) >= 11 is 3.22. The molecule has 0 radical (unpaired) electrons. The SMILES string of the molecule is Nn1c(SCC2CCCO2)nnc1-c1cccs1. The summed E-state index contributed by atoms with van der Waals surface area (Å²) in [5.41, 5.74) is 0. The van der Waals surface area contributed by atoms with Gasteiger partial charge in [0.2, 0.25) is 5.16 Å². The summed E-state index contributed by atoms with van der Waals surface area (Å²) in [6.07, 6.45) is 2.61. The lowest BCUT2D eigenvalue weighted by molar-refractivity contribution is 0.129. The molecule has 0 bridgehead atoms. The molecule has 18 heavy (non-hydrogen) atoms. The lowest BCUT2D eigenvalue weighted by Gasteiger charge is -2.07. The monoisotopic (exact) mass is 282 g/mol. The molecule has 3 rings (SSSR count). The van der Waals surface area contributed by atoms with Crippen molar-refractivity contribution in [3.63, 3.8) is 0 Å². The maximum absolute atomic E-state index is 6.02. The zero-order valence-corrected chi connectivity index (χ0v) is 11.4. The van der Waals surface area contributed by atoms with Gasteiger partial charge >= 0.3 is 0 Å². The number of aromatic nitrogens is 3. The van der Waals surface area contributed by atoms with Crippen molar-refractivity contribution in [2.24, 2.45) is 0 Å². The number of nitrogen functional groups attached to an aromatic ring is 1. The van der Waals surface area contributed by atoms with Crippen LogP contribution in [0, 0.1) is 0 Å². The van der Waals surface area contributed by atoms with Gasteiger partial charge in [0, 0.05) is 12.4 Å². The van der Waals surface area contributed by atoms with E-state index >= 15 is 0 Å². The van der Waals surface area contributed by atoms with Crippen molar-refractivity contribution >= 4 is 23.1 Å². The van der Waals surface area contributed by atoms with Gasteiger partial charge in [0.15, 0.2) is 5.82 Å². The highest BCUT2D eigenvalue weighted by Gasteiger charge is 2.18. The minimum absolute atomic E-state index is 0.330. The highest BCUT2D eigenvalue weighted by molar-refractivity contribution is 7.99. The molecule has 5 nitrogen and oxygen atoms in total. The smallest absolute Gasteiger partial charge is 0.210 e. The van der Waals surface area contributed by atoms with E-state index in [9.17, 15) is 0 Å². The summed E-state index contributed by atoms with van der Waals surface area (Å²) in [4.78, 5) is 1.04. The van der Waals surface area contributed by atoms with Crippen LogP contribution in [0.1, 0.15) is 12.8 Å². The molecule has 3 heterocycles. The van der Waals surface area contributed by atoms with Gasteiger partial charge in [0.1, 0.15) is 0 Å². The molecule has 2 aromatic rings. The van der Waals surface area contributed by atoms with Gasteiger partial charge in [0.25, 0.3) is 0 Å². The Morgan fingerprint density at radius 1 is 1.56 bits per heavy atom. The molecule has 0 spiro atoms. The zero-order valence-electron chi connectivity index (χ0n) is 9.78. The third kappa shape index (κ3) is 2.38. The van der Waals surface area contributed by atoms with Gasteiger partial charge in [0.05, 0.1) is 11.0 Å². The molecule has 7 heteroatoms. The minimum Gasteiger partial charge on any atom is -0.377 e. The largest absolute Gasteiger partial charge is 0.377 e. The van der Waals surface area contributed by atoms with Gasteiger partial charge in [-0.25, -0.2) is 4.68 Å². The number of thioether (sulfide) groups is 1. The van der Waals surface area contributed by atoms with Crippen LogP contribution in [0.4, 0.5) is 0 Å².